The number of ether oxygens (including phenoxy) is 1. The molecule has 0 aromatic heterocycles. The number of rotatable bonds is 7. The van der Waals surface area contributed by atoms with Crippen LogP contribution in [0.5, 0.6) is 5.75 Å². The third-order valence-corrected chi connectivity index (χ3v) is 4.36. The van der Waals surface area contributed by atoms with E-state index in [1.54, 1.807) is 18.3 Å². The van der Waals surface area contributed by atoms with Crippen LogP contribution in [0.1, 0.15) is 41.3 Å². The van der Waals surface area contributed by atoms with Gasteiger partial charge in [-0.15, -0.1) is 0 Å². The maximum atomic E-state index is 12.2. The number of benzene rings is 3. The van der Waals surface area contributed by atoms with Gasteiger partial charge in [-0.3, -0.25) is 4.79 Å². The predicted octanol–water partition coefficient (Wildman–Crippen LogP) is 5.09. The third kappa shape index (κ3) is 4.73. The van der Waals surface area contributed by atoms with Crippen LogP contribution < -0.4 is 10.2 Å². The molecule has 1 amide bonds. The molecule has 27 heavy (non-hydrogen) atoms. The molecule has 0 unspecified atom stereocenters. The molecule has 0 radical (unpaired) electrons. The Labute approximate surface area is 159 Å². The van der Waals surface area contributed by atoms with E-state index in [1.165, 1.54) is 0 Å². The predicted molar refractivity (Wildman–Crippen MR) is 111 cm³/mol. The first-order chi connectivity index (χ1) is 13.2. The molecular weight excluding hydrogens is 336 g/mol. The summed E-state index contributed by atoms with van der Waals surface area (Å²) in [5.74, 6) is 0.537. The minimum atomic E-state index is -0.236. The molecule has 0 aliphatic carbocycles. The van der Waals surface area contributed by atoms with Crippen LogP contribution in [0.25, 0.3) is 10.8 Å². The fourth-order valence-corrected chi connectivity index (χ4v) is 2.79. The lowest BCUT2D eigenvalue weighted by atomic mass is 10.0. The van der Waals surface area contributed by atoms with E-state index in [-0.39, 0.29) is 5.91 Å². The number of nitrogens with zero attached hydrogens (tertiary/aromatic N) is 1. The summed E-state index contributed by atoms with van der Waals surface area (Å²) in [5, 5.41) is 6.32. The molecule has 3 aromatic rings. The van der Waals surface area contributed by atoms with E-state index in [0.717, 1.165) is 40.5 Å². The summed E-state index contributed by atoms with van der Waals surface area (Å²) in [4.78, 5) is 12.2. The average Bonchev–Trinajstić information content (AvgIpc) is 2.69. The molecule has 4 heteroatoms. The van der Waals surface area contributed by atoms with E-state index in [1.807, 2.05) is 55.5 Å². The number of carbonyl (C=O) groups is 1. The maximum Gasteiger partial charge on any atom is 0.271 e. The zero-order valence-corrected chi connectivity index (χ0v) is 15.7. The number of hydrogen-bond acceptors (Lipinski definition) is 3. The molecule has 138 valence electrons. The summed E-state index contributed by atoms with van der Waals surface area (Å²) in [7, 11) is 0. The fraction of sp³-hybridized carbons (Fsp3) is 0.217. The van der Waals surface area contributed by atoms with Crippen LogP contribution in [0, 0.1) is 6.92 Å². The highest BCUT2D eigenvalue weighted by molar-refractivity contribution is 6.03. The third-order valence-electron chi connectivity index (χ3n) is 4.36. The van der Waals surface area contributed by atoms with Crippen LogP contribution in [0.2, 0.25) is 0 Å². The first-order valence-corrected chi connectivity index (χ1v) is 9.23. The standard InChI is InChI=1S/C23H24N2O2/c1-3-4-15-27-22-14-13-18-7-5-6-8-20(18)21(22)16-24-25-23(26)19-11-9-17(2)10-12-19/h5-14,16H,3-4,15H2,1-2H3,(H,25,26)/b24-16+. The van der Waals surface area contributed by atoms with Crippen molar-refractivity contribution in [3.8, 4) is 5.75 Å². The molecule has 0 bridgehead atoms. The SMILES string of the molecule is CCCCOc1ccc2ccccc2c1/C=N/NC(=O)c1ccc(C)cc1. The second-order valence-corrected chi connectivity index (χ2v) is 6.47. The Hall–Kier alpha value is -3.14. The van der Waals surface area contributed by atoms with Gasteiger partial charge in [-0.05, 0) is 42.3 Å². The normalized spacial score (nSPS) is 11.0. The number of hydrogen-bond donors (Lipinski definition) is 1. The summed E-state index contributed by atoms with van der Waals surface area (Å²) in [5.41, 5.74) is 5.16. The van der Waals surface area contributed by atoms with Gasteiger partial charge >= 0.3 is 0 Å². The van der Waals surface area contributed by atoms with E-state index < -0.39 is 0 Å². The molecule has 3 rings (SSSR count). The highest BCUT2D eigenvalue weighted by Crippen LogP contribution is 2.27. The van der Waals surface area contributed by atoms with Crippen molar-refractivity contribution in [2.24, 2.45) is 5.10 Å². The van der Waals surface area contributed by atoms with Crippen molar-refractivity contribution < 1.29 is 9.53 Å². The number of nitrogens with one attached hydrogen (secondary N) is 1. The van der Waals surface area contributed by atoms with Gasteiger partial charge in [0.05, 0.1) is 12.8 Å². The average molecular weight is 360 g/mol. The van der Waals surface area contributed by atoms with Crippen LogP contribution in [-0.2, 0) is 0 Å². The smallest absolute Gasteiger partial charge is 0.271 e. The van der Waals surface area contributed by atoms with Gasteiger partial charge in [0.15, 0.2) is 0 Å². The quantitative estimate of drug-likeness (QED) is 0.362. The van der Waals surface area contributed by atoms with Gasteiger partial charge in [0.2, 0.25) is 0 Å². The molecular formula is C23H24N2O2. The Kier molecular flexibility index (Phi) is 6.21. The van der Waals surface area contributed by atoms with Crippen molar-refractivity contribution in [1.29, 1.82) is 0 Å². The molecule has 4 nitrogen and oxygen atoms in total. The Morgan fingerprint density at radius 2 is 1.85 bits per heavy atom. The zero-order valence-electron chi connectivity index (χ0n) is 15.7. The largest absolute Gasteiger partial charge is 0.493 e. The van der Waals surface area contributed by atoms with Crippen molar-refractivity contribution in [1.82, 2.24) is 5.43 Å². The molecule has 0 saturated carbocycles. The zero-order chi connectivity index (χ0) is 19.1. The molecule has 0 atom stereocenters. The van der Waals surface area contributed by atoms with Gasteiger partial charge in [-0.1, -0.05) is 61.4 Å². The molecule has 3 aromatic carbocycles. The highest BCUT2D eigenvalue weighted by atomic mass is 16.5. The van der Waals surface area contributed by atoms with Crippen LogP contribution >= 0.6 is 0 Å². The second kappa shape index (κ2) is 8.99. The van der Waals surface area contributed by atoms with Gasteiger partial charge < -0.3 is 4.74 Å². The minimum Gasteiger partial charge on any atom is -0.493 e. The number of carbonyl (C=O) groups excluding carboxylic acids is 1. The van der Waals surface area contributed by atoms with Crippen LogP contribution in [0.4, 0.5) is 0 Å². The number of unbranched alkanes of at least 4 members (excludes halogenated alkanes) is 1. The number of fused-ring (bicyclic) bond motifs is 1. The molecule has 0 heterocycles. The molecule has 0 fully saturated rings. The summed E-state index contributed by atoms with van der Waals surface area (Å²) >= 11 is 0. The van der Waals surface area contributed by atoms with Gasteiger partial charge in [0, 0.05) is 11.1 Å². The summed E-state index contributed by atoms with van der Waals surface area (Å²) in [6.07, 6.45) is 3.73. The summed E-state index contributed by atoms with van der Waals surface area (Å²) in [6, 6.07) is 19.5. The Bertz CT molecular complexity index is 946. The first-order valence-electron chi connectivity index (χ1n) is 9.23. The van der Waals surface area contributed by atoms with E-state index in [2.05, 4.69) is 17.5 Å². The van der Waals surface area contributed by atoms with Crippen molar-refractivity contribution >= 4 is 22.9 Å². The first kappa shape index (κ1) is 18.6. The Balaban J connectivity index is 1.83. The van der Waals surface area contributed by atoms with Crippen molar-refractivity contribution in [2.45, 2.75) is 26.7 Å². The van der Waals surface area contributed by atoms with Crippen molar-refractivity contribution in [2.75, 3.05) is 6.61 Å². The van der Waals surface area contributed by atoms with E-state index >= 15 is 0 Å². The second-order valence-electron chi connectivity index (χ2n) is 6.47. The minimum absolute atomic E-state index is 0.236. The lowest BCUT2D eigenvalue weighted by molar-refractivity contribution is 0.0955. The fourth-order valence-electron chi connectivity index (χ4n) is 2.79. The molecule has 0 spiro atoms. The van der Waals surface area contributed by atoms with Crippen molar-refractivity contribution in [3.05, 3.63) is 77.4 Å². The number of amides is 1. The van der Waals surface area contributed by atoms with Gasteiger partial charge in [-0.25, -0.2) is 5.43 Å². The Morgan fingerprint density at radius 1 is 1.07 bits per heavy atom. The van der Waals surface area contributed by atoms with Crippen molar-refractivity contribution in [3.63, 3.8) is 0 Å². The van der Waals surface area contributed by atoms with Crippen LogP contribution in [-0.4, -0.2) is 18.7 Å². The lowest BCUT2D eigenvalue weighted by Gasteiger charge is -2.11. The lowest BCUT2D eigenvalue weighted by Crippen LogP contribution is -2.17. The highest BCUT2D eigenvalue weighted by Gasteiger charge is 2.08. The Morgan fingerprint density at radius 3 is 2.63 bits per heavy atom. The maximum absolute atomic E-state index is 12.2. The number of hydrazone groups is 1. The van der Waals surface area contributed by atoms with E-state index in [4.69, 9.17) is 4.74 Å². The molecule has 0 aliphatic heterocycles. The number of aryl methyl sites for hydroxylation is 1. The summed E-state index contributed by atoms with van der Waals surface area (Å²) < 4.78 is 5.94. The van der Waals surface area contributed by atoms with E-state index in [0.29, 0.717) is 12.2 Å². The van der Waals surface area contributed by atoms with Crippen LogP contribution in [0.3, 0.4) is 0 Å². The van der Waals surface area contributed by atoms with Crippen LogP contribution in [0.15, 0.2) is 65.8 Å². The van der Waals surface area contributed by atoms with E-state index in [9.17, 15) is 4.79 Å². The van der Waals surface area contributed by atoms with Gasteiger partial charge in [0.1, 0.15) is 5.75 Å². The monoisotopic (exact) mass is 360 g/mol. The molecule has 0 saturated heterocycles. The summed E-state index contributed by atoms with van der Waals surface area (Å²) in [6.45, 7) is 4.78. The topological polar surface area (TPSA) is 50.7 Å². The van der Waals surface area contributed by atoms with Gasteiger partial charge in [0.25, 0.3) is 5.91 Å². The van der Waals surface area contributed by atoms with Gasteiger partial charge in [-0.2, -0.15) is 5.10 Å². The molecule has 0 aliphatic rings. The molecule has 1 N–H and O–H groups in total.